The van der Waals surface area contributed by atoms with Crippen molar-refractivity contribution >= 4 is 93.7 Å². The summed E-state index contributed by atoms with van der Waals surface area (Å²) in [5.74, 6) is 0. The average Bonchev–Trinajstić information content (AvgIpc) is 1.41. The quantitative estimate of drug-likeness (QED) is 0.107. The van der Waals surface area contributed by atoms with Crippen LogP contribution in [-0.4, -0.2) is 58.2 Å². The highest BCUT2D eigenvalue weighted by Crippen LogP contribution is 2.39. The fourth-order valence-corrected chi connectivity index (χ4v) is 12.6. The van der Waals surface area contributed by atoms with Crippen molar-refractivity contribution in [3.05, 3.63) is 296 Å². The molecule has 0 amide bonds. The van der Waals surface area contributed by atoms with Gasteiger partial charge in [-0.1, -0.05) is 240 Å². The number of benzene rings is 10. The van der Waals surface area contributed by atoms with Crippen molar-refractivity contribution < 1.29 is 9.31 Å². The van der Waals surface area contributed by atoms with Gasteiger partial charge in [-0.05, 0) is 96.2 Å². The molecular formula is C82H60BBrN8O2. The van der Waals surface area contributed by atoms with Gasteiger partial charge in [0, 0.05) is 71.8 Å². The van der Waals surface area contributed by atoms with E-state index in [0.29, 0.717) is 0 Å². The molecule has 6 aromatic heterocycles. The molecule has 0 N–H and O–H groups in total. The van der Waals surface area contributed by atoms with Crippen molar-refractivity contribution in [1.29, 1.82) is 0 Å². The number of nitrogens with zero attached hydrogens (tertiary/aromatic N) is 8. The monoisotopic (exact) mass is 1280 g/mol. The third kappa shape index (κ3) is 11.8. The van der Waals surface area contributed by atoms with Gasteiger partial charge in [0.2, 0.25) is 0 Å². The van der Waals surface area contributed by atoms with Crippen LogP contribution in [0.4, 0.5) is 0 Å². The first-order chi connectivity index (χ1) is 46.0. The van der Waals surface area contributed by atoms with E-state index in [-0.39, 0.29) is 18.3 Å². The SMILES string of the molecule is Brc1ccc(-c2cnc(-c3ccccc3)cn2)c2ccccc12.CC1(C)OB(c2ccc(-c3ccc4ccc5cccnc5c4n3)cc2)OC1(C)C.c1ccc(-c2cnc(-c3ccc(-c4ccc(-c5ccc6ccc7cccnc7c6n5)cc4)c4ccccc34)cn2)cc1. The standard InChI is InChI=1S/C38H24N4.C24H23BN2O2.C20H13BrN2/c1-2-7-26(8-3-1)35-23-41-36(24-40-35)33-20-19-30(31-10-4-5-11-32(31)33)25-12-14-27(15-13-25)34-21-18-29-17-16-28-9-6-22-39-37(28)38(29)42-34;1-23(2)24(3,4)29-25(28-23)19-12-9-16(10-13-19)20-14-11-18-8-7-17-6-5-15-26-21(17)22(18)27-20;21-18-11-10-17(15-8-4-5-9-16(15)18)20-13-22-19(12-23-20)14-6-2-1-3-7-14/h1-24H;5-15H,1-4H3;1-13H. The lowest BCUT2D eigenvalue weighted by Crippen LogP contribution is -2.41. The van der Waals surface area contributed by atoms with Gasteiger partial charge in [-0.15, -0.1) is 0 Å². The Morgan fingerprint density at radius 1 is 0.287 bits per heavy atom. The molecular weight excluding hydrogens is 1220 g/mol. The summed E-state index contributed by atoms with van der Waals surface area (Å²) in [4.78, 5) is 37.8. The number of fused-ring (bicyclic) bond motifs is 8. The lowest BCUT2D eigenvalue weighted by molar-refractivity contribution is 0.00578. The van der Waals surface area contributed by atoms with Crippen LogP contribution in [0.2, 0.25) is 0 Å². The van der Waals surface area contributed by atoms with E-state index in [9.17, 15) is 0 Å². The summed E-state index contributed by atoms with van der Waals surface area (Å²) in [6, 6.07) is 87.3. The zero-order chi connectivity index (χ0) is 63.8. The smallest absolute Gasteiger partial charge is 0.399 e. The number of halogens is 1. The molecule has 10 nitrogen and oxygen atoms in total. The molecule has 12 heteroatoms. The molecule has 0 bridgehead atoms. The number of pyridine rings is 4. The summed E-state index contributed by atoms with van der Waals surface area (Å²) in [7, 11) is -0.355. The van der Waals surface area contributed by atoms with Crippen LogP contribution in [0.25, 0.3) is 144 Å². The van der Waals surface area contributed by atoms with E-state index in [1.54, 1.807) is 0 Å². The van der Waals surface area contributed by atoms with Crippen molar-refractivity contribution in [2.45, 2.75) is 38.9 Å². The van der Waals surface area contributed by atoms with E-state index < -0.39 is 0 Å². The molecule has 450 valence electrons. The summed E-state index contributed by atoms with van der Waals surface area (Å²) >= 11 is 3.61. The zero-order valence-corrected chi connectivity index (χ0v) is 53.6. The van der Waals surface area contributed by atoms with Gasteiger partial charge in [0.05, 0.1) is 92.2 Å². The van der Waals surface area contributed by atoms with Gasteiger partial charge in [-0.25, -0.2) is 9.97 Å². The van der Waals surface area contributed by atoms with E-state index in [1.807, 2.05) is 122 Å². The van der Waals surface area contributed by atoms with Crippen molar-refractivity contribution in [2.24, 2.45) is 0 Å². The van der Waals surface area contributed by atoms with Gasteiger partial charge in [0.15, 0.2) is 0 Å². The Hall–Kier alpha value is -11.0. The van der Waals surface area contributed by atoms with E-state index in [4.69, 9.17) is 29.2 Å². The predicted molar refractivity (Wildman–Crippen MR) is 388 cm³/mol. The number of hydrogen-bond donors (Lipinski definition) is 0. The van der Waals surface area contributed by atoms with Gasteiger partial charge in [-0.2, -0.15) is 0 Å². The molecule has 7 heterocycles. The van der Waals surface area contributed by atoms with Crippen LogP contribution in [0.1, 0.15) is 27.7 Å². The molecule has 17 rings (SSSR count). The Morgan fingerprint density at radius 3 is 1.13 bits per heavy atom. The lowest BCUT2D eigenvalue weighted by Gasteiger charge is -2.32. The highest BCUT2D eigenvalue weighted by Gasteiger charge is 2.51. The summed E-state index contributed by atoms with van der Waals surface area (Å²) in [5.41, 5.74) is 18.2. The van der Waals surface area contributed by atoms with Crippen LogP contribution < -0.4 is 5.46 Å². The Morgan fingerprint density at radius 2 is 0.649 bits per heavy atom. The Balaban J connectivity index is 0.000000123. The minimum Gasteiger partial charge on any atom is -0.399 e. The van der Waals surface area contributed by atoms with Crippen LogP contribution in [-0.2, 0) is 9.31 Å². The summed E-state index contributed by atoms with van der Waals surface area (Å²) in [6.07, 6.45) is 11.0. The van der Waals surface area contributed by atoms with Gasteiger partial charge in [0.25, 0.3) is 0 Å². The number of hydrogen-bond acceptors (Lipinski definition) is 10. The van der Waals surface area contributed by atoms with Gasteiger partial charge >= 0.3 is 7.12 Å². The topological polar surface area (TPSA) is 122 Å². The van der Waals surface area contributed by atoms with Crippen LogP contribution in [0.3, 0.4) is 0 Å². The lowest BCUT2D eigenvalue weighted by atomic mass is 9.79. The van der Waals surface area contributed by atoms with Crippen LogP contribution >= 0.6 is 15.9 Å². The second-order valence-corrected chi connectivity index (χ2v) is 25.1. The Labute approximate surface area is 553 Å². The average molecular weight is 1280 g/mol. The molecule has 94 heavy (non-hydrogen) atoms. The maximum Gasteiger partial charge on any atom is 0.494 e. The van der Waals surface area contributed by atoms with Crippen molar-refractivity contribution in [2.75, 3.05) is 0 Å². The zero-order valence-electron chi connectivity index (χ0n) is 52.1. The minimum absolute atomic E-state index is 0.343. The molecule has 0 unspecified atom stereocenters. The second kappa shape index (κ2) is 25.2. The van der Waals surface area contributed by atoms with Gasteiger partial charge in [-0.3, -0.25) is 29.9 Å². The highest BCUT2D eigenvalue weighted by molar-refractivity contribution is 9.10. The molecule has 0 radical (unpaired) electrons. The van der Waals surface area contributed by atoms with Gasteiger partial charge < -0.3 is 9.31 Å². The third-order valence-corrected chi connectivity index (χ3v) is 18.6. The van der Waals surface area contributed by atoms with E-state index in [0.717, 1.165) is 132 Å². The highest BCUT2D eigenvalue weighted by atomic mass is 79.9. The maximum atomic E-state index is 6.16. The molecule has 1 fully saturated rings. The van der Waals surface area contributed by atoms with E-state index in [1.165, 1.54) is 21.7 Å². The number of rotatable bonds is 8. The minimum atomic E-state index is -0.355. The molecule has 1 saturated heterocycles. The second-order valence-electron chi connectivity index (χ2n) is 24.3. The largest absolute Gasteiger partial charge is 0.494 e. The third-order valence-electron chi connectivity index (χ3n) is 17.9. The van der Waals surface area contributed by atoms with Crippen LogP contribution in [0.15, 0.2) is 296 Å². The van der Waals surface area contributed by atoms with Gasteiger partial charge in [0.1, 0.15) is 0 Å². The Kier molecular flexibility index (Phi) is 15.9. The summed E-state index contributed by atoms with van der Waals surface area (Å²) < 4.78 is 13.4. The molecule has 0 saturated carbocycles. The molecule has 0 spiro atoms. The molecule has 0 aliphatic carbocycles. The molecule has 0 atom stereocenters. The summed E-state index contributed by atoms with van der Waals surface area (Å²) in [6.45, 7) is 8.27. The normalized spacial score (nSPS) is 13.2. The molecule has 16 aromatic rings. The van der Waals surface area contributed by atoms with Crippen LogP contribution in [0.5, 0.6) is 0 Å². The predicted octanol–water partition coefficient (Wildman–Crippen LogP) is 19.9. The molecule has 1 aliphatic rings. The first kappa shape index (κ1) is 59.3. The first-order valence-corrected chi connectivity index (χ1v) is 32.1. The van der Waals surface area contributed by atoms with Crippen molar-refractivity contribution in [3.63, 3.8) is 0 Å². The number of aromatic nitrogens is 8. The first-order valence-electron chi connectivity index (χ1n) is 31.3. The maximum absolute atomic E-state index is 6.16. The summed E-state index contributed by atoms with van der Waals surface area (Å²) in [5, 5.41) is 9.05. The van der Waals surface area contributed by atoms with E-state index in [2.05, 4.69) is 233 Å². The fourth-order valence-electron chi connectivity index (χ4n) is 12.1. The van der Waals surface area contributed by atoms with Crippen LogP contribution in [0, 0.1) is 0 Å². The van der Waals surface area contributed by atoms with Crippen molar-refractivity contribution in [3.8, 4) is 78.7 Å². The van der Waals surface area contributed by atoms with E-state index >= 15 is 0 Å². The fraction of sp³-hybridized carbons (Fsp3) is 0.0732. The molecule has 1 aliphatic heterocycles. The Bertz CT molecular complexity index is 5440. The molecule has 10 aromatic carbocycles. The van der Waals surface area contributed by atoms with Crippen molar-refractivity contribution in [1.82, 2.24) is 39.9 Å².